The van der Waals surface area contributed by atoms with Gasteiger partial charge in [-0.2, -0.15) is 15.1 Å². The lowest BCUT2D eigenvalue weighted by atomic mass is 9.70. The molecular weight excluding hydrogens is 700 g/mol. The summed E-state index contributed by atoms with van der Waals surface area (Å²) >= 11 is 6.49. The van der Waals surface area contributed by atoms with Gasteiger partial charge < -0.3 is 19.7 Å². The second-order valence-corrected chi connectivity index (χ2v) is 16.7. The van der Waals surface area contributed by atoms with E-state index >= 15 is 0 Å². The van der Waals surface area contributed by atoms with Crippen LogP contribution >= 0.6 is 11.6 Å². The Morgan fingerprint density at radius 1 is 1.10 bits per heavy atom. The van der Waals surface area contributed by atoms with E-state index in [-0.39, 0.29) is 23.6 Å². The molecule has 1 aliphatic carbocycles. The molecule has 7 rings (SSSR count). The quantitative estimate of drug-likeness (QED) is 0.211. The molecule has 2 aliphatic heterocycles. The minimum atomic E-state index is -3.41. The number of hydrogen-bond donors (Lipinski definition) is 2. The minimum absolute atomic E-state index is 0.0514. The molecular formula is C38H47ClN8O4S. The Bertz CT molecular complexity index is 2110. The highest BCUT2D eigenvalue weighted by Gasteiger charge is 2.38. The minimum Gasteiger partial charge on any atom is -0.491 e. The van der Waals surface area contributed by atoms with E-state index in [1.807, 2.05) is 25.1 Å². The first-order chi connectivity index (χ1) is 25.1. The van der Waals surface area contributed by atoms with Gasteiger partial charge in [0.05, 0.1) is 29.5 Å². The molecule has 12 nitrogen and oxygen atoms in total. The molecule has 4 aromatic rings. The third-order valence-corrected chi connectivity index (χ3v) is 12.6. The highest BCUT2D eigenvalue weighted by Crippen LogP contribution is 2.42. The van der Waals surface area contributed by atoms with Gasteiger partial charge in [-0.3, -0.25) is 14.2 Å². The molecule has 2 aromatic carbocycles. The fraction of sp³-hybridized carbons (Fsp3) is 0.474. The number of fused-ring (bicyclic) bond motifs is 4. The standard InChI is InChI=1S/C38H47ClN8O4S/c1-24-8-7-10-33(50-4)30-15-12-28(30)21-47-20-27-11-14-29(39)18-25(27)9-5-6-17-51-34-16-13-26(19-32(34)47)37(48)45-52(49,23-24)44-36-31-22-46(3)43-35(31)41-38(40-2)42-36/h7,10-11,13-14,16,18-19,22,24,28,30,33H,5-6,8-9,12,15,17,20-21,23H2,1-4H3,(H2,40,41,42,43,44,45,48,49)/b10-7+/t24-,28-,30+,33-,52?/m0/s1. The van der Waals surface area contributed by atoms with Crippen LogP contribution in [0.2, 0.25) is 5.02 Å². The van der Waals surface area contributed by atoms with E-state index in [1.54, 1.807) is 38.2 Å². The van der Waals surface area contributed by atoms with Crippen molar-refractivity contribution in [2.45, 2.75) is 58.1 Å². The fourth-order valence-corrected chi connectivity index (χ4v) is 9.67. The van der Waals surface area contributed by atoms with Gasteiger partial charge in [-0.25, -0.2) is 4.21 Å². The van der Waals surface area contributed by atoms with Gasteiger partial charge in [0.25, 0.3) is 5.91 Å². The van der Waals surface area contributed by atoms with Crippen LogP contribution in [-0.4, -0.2) is 69.0 Å². The van der Waals surface area contributed by atoms with Gasteiger partial charge in [-0.1, -0.05) is 36.7 Å². The van der Waals surface area contributed by atoms with Gasteiger partial charge in [0, 0.05) is 51.1 Å². The number of amides is 1. The van der Waals surface area contributed by atoms with Crippen LogP contribution in [0.15, 0.2) is 59.1 Å². The molecule has 2 aromatic heterocycles. The molecule has 2 N–H and O–H groups in total. The normalized spacial score (nSPS) is 26.1. The highest BCUT2D eigenvalue weighted by molar-refractivity contribution is 7.95. The van der Waals surface area contributed by atoms with E-state index in [2.05, 4.69) is 58.7 Å². The number of halogens is 1. The first-order valence-electron chi connectivity index (χ1n) is 18.1. The first-order valence-corrected chi connectivity index (χ1v) is 20.1. The lowest BCUT2D eigenvalue weighted by Gasteiger charge is -2.43. The molecule has 1 fully saturated rings. The molecule has 0 spiro atoms. The van der Waals surface area contributed by atoms with Crippen molar-refractivity contribution in [1.82, 2.24) is 19.7 Å². The Kier molecular flexibility index (Phi) is 10.7. The van der Waals surface area contributed by atoms with Crippen LogP contribution in [0.3, 0.4) is 0 Å². The number of anilines is 3. The highest BCUT2D eigenvalue weighted by atomic mass is 35.5. The summed E-state index contributed by atoms with van der Waals surface area (Å²) in [4.78, 5) is 25.6. The number of nitrogens with one attached hydrogen (secondary N) is 2. The Hall–Kier alpha value is -4.20. The van der Waals surface area contributed by atoms with Crippen molar-refractivity contribution in [1.29, 1.82) is 0 Å². The molecule has 5 atom stereocenters. The second-order valence-electron chi connectivity index (χ2n) is 14.2. The lowest BCUT2D eigenvalue weighted by molar-refractivity contribution is 0.0133. The maximum Gasteiger partial charge on any atom is 0.286 e. The van der Waals surface area contributed by atoms with Crippen molar-refractivity contribution >= 4 is 55.9 Å². The zero-order valence-corrected chi connectivity index (χ0v) is 31.8. The number of methoxy groups -OCH3 is 1. The van der Waals surface area contributed by atoms with E-state index < -0.39 is 15.8 Å². The van der Waals surface area contributed by atoms with Crippen molar-refractivity contribution in [3.63, 3.8) is 0 Å². The number of ether oxygens (including phenoxy) is 2. The summed E-state index contributed by atoms with van der Waals surface area (Å²) < 4.78 is 36.7. The van der Waals surface area contributed by atoms with E-state index in [9.17, 15) is 9.00 Å². The monoisotopic (exact) mass is 746 g/mol. The van der Waals surface area contributed by atoms with E-state index in [0.717, 1.165) is 49.4 Å². The maximum absolute atomic E-state index is 15.0. The average Bonchev–Trinajstić information content (AvgIpc) is 3.48. The Balaban J connectivity index is 1.35. The molecule has 2 bridgehead atoms. The van der Waals surface area contributed by atoms with Crippen LogP contribution in [0, 0.1) is 17.8 Å². The zero-order chi connectivity index (χ0) is 36.4. The smallest absolute Gasteiger partial charge is 0.286 e. The number of aryl methyl sites for hydroxylation is 2. The van der Waals surface area contributed by atoms with Crippen LogP contribution in [0.5, 0.6) is 5.75 Å². The summed E-state index contributed by atoms with van der Waals surface area (Å²) in [6.07, 6.45) is 11.5. The number of carbonyl (C=O) groups excluding carboxylic acids is 1. The Labute approximate surface area is 310 Å². The summed E-state index contributed by atoms with van der Waals surface area (Å²) in [5.41, 5.74) is 3.99. The van der Waals surface area contributed by atoms with Gasteiger partial charge in [0.2, 0.25) is 5.95 Å². The van der Waals surface area contributed by atoms with Crippen molar-refractivity contribution in [2.24, 2.45) is 29.2 Å². The zero-order valence-electron chi connectivity index (χ0n) is 30.2. The first kappa shape index (κ1) is 36.2. The van der Waals surface area contributed by atoms with E-state index in [1.165, 1.54) is 11.1 Å². The maximum atomic E-state index is 15.0. The summed E-state index contributed by atoms with van der Waals surface area (Å²) in [6, 6.07) is 11.6. The van der Waals surface area contributed by atoms with Crippen LogP contribution in [0.1, 0.15) is 60.5 Å². The molecule has 276 valence electrons. The number of hydrogen-bond acceptors (Lipinski definition) is 9. The van der Waals surface area contributed by atoms with Crippen LogP contribution < -0.4 is 19.7 Å². The van der Waals surface area contributed by atoms with Gasteiger partial charge >= 0.3 is 0 Å². The number of allylic oxidation sites excluding steroid dienone is 1. The number of aromatic nitrogens is 4. The molecule has 1 unspecified atom stereocenters. The summed E-state index contributed by atoms with van der Waals surface area (Å²) in [6.45, 7) is 3.93. The molecule has 4 heterocycles. The third kappa shape index (κ3) is 7.91. The summed E-state index contributed by atoms with van der Waals surface area (Å²) in [7, 11) is 1.85. The third-order valence-electron chi connectivity index (χ3n) is 10.4. The second kappa shape index (κ2) is 15.4. The van der Waals surface area contributed by atoms with Crippen LogP contribution in [0.25, 0.3) is 11.0 Å². The van der Waals surface area contributed by atoms with Crippen LogP contribution in [-0.2, 0) is 34.7 Å². The van der Waals surface area contributed by atoms with Crippen LogP contribution in [0.4, 0.5) is 17.5 Å². The van der Waals surface area contributed by atoms with Crippen molar-refractivity contribution in [3.05, 3.63) is 76.5 Å². The fourth-order valence-electron chi connectivity index (χ4n) is 7.53. The predicted octanol–water partition coefficient (Wildman–Crippen LogP) is 7.05. The average molecular weight is 747 g/mol. The number of carbonyl (C=O) groups is 1. The molecule has 1 saturated carbocycles. The van der Waals surface area contributed by atoms with E-state index in [0.29, 0.717) is 59.7 Å². The van der Waals surface area contributed by atoms with Crippen molar-refractivity contribution in [2.75, 3.05) is 48.0 Å². The van der Waals surface area contributed by atoms with Gasteiger partial charge in [-0.15, -0.1) is 4.36 Å². The topological polar surface area (TPSA) is 136 Å². The molecule has 0 saturated heterocycles. The molecule has 0 radical (unpaired) electrons. The van der Waals surface area contributed by atoms with Gasteiger partial charge in [-0.05, 0) is 97.7 Å². The molecule has 3 aliphatic rings. The largest absolute Gasteiger partial charge is 0.491 e. The predicted molar refractivity (Wildman–Crippen MR) is 207 cm³/mol. The van der Waals surface area contributed by atoms with Crippen molar-refractivity contribution < 1.29 is 18.5 Å². The lowest BCUT2D eigenvalue weighted by Crippen LogP contribution is -2.43. The number of rotatable bonds is 4. The summed E-state index contributed by atoms with van der Waals surface area (Å²) in [5, 5.41) is 8.67. The van der Waals surface area contributed by atoms with Gasteiger partial charge in [0.1, 0.15) is 15.7 Å². The number of nitrogens with zero attached hydrogens (tertiary/aromatic N) is 6. The van der Waals surface area contributed by atoms with Crippen molar-refractivity contribution in [3.8, 4) is 5.75 Å². The molecule has 52 heavy (non-hydrogen) atoms. The van der Waals surface area contributed by atoms with Gasteiger partial charge in [0.15, 0.2) is 11.5 Å². The SMILES string of the molecule is CNc1nc(NS2(=O)=NC(=O)c3ccc4c(c3)N(Cc3ccc(Cl)cc3CCCCO4)C[C@@H]3CC[C@H]3[C@@H](OC)/C=C/C[C@H](C)C2)c2cn(C)nc2n1. The molecule has 14 heteroatoms. The Morgan fingerprint density at radius 3 is 2.75 bits per heavy atom. The number of benzene rings is 2. The summed E-state index contributed by atoms with van der Waals surface area (Å²) in [5.74, 6) is 1.45. The Morgan fingerprint density at radius 2 is 1.96 bits per heavy atom. The molecule has 1 amide bonds. The van der Waals surface area contributed by atoms with E-state index in [4.69, 9.17) is 21.1 Å².